The first kappa shape index (κ1) is 19.1. The number of ether oxygens (including phenoxy) is 5. The van der Waals surface area contributed by atoms with Gasteiger partial charge in [0.25, 0.3) is 0 Å². The summed E-state index contributed by atoms with van der Waals surface area (Å²) in [4.78, 5) is 0. The van der Waals surface area contributed by atoms with E-state index in [9.17, 15) is 10.2 Å². The van der Waals surface area contributed by atoms with E-state index in [1.165, 1.54) is 0 Å². The highest BCUT2D eigenvalue weighted by Gasteiger charge is 2.50. The lowest BCUT2D eigenvalue weighted by molar-refractivity contribution is -0.361. The van der Waals surface area contributed by atoms with Crippen molar-refractivity contribution in [1.82, 2.24) is 0 Å². The van der Waals surface area contributed by atoms with E-state index >= 15 is 0 Å². The molecule has 0 unspecified atom stereocenters. The number of hydrogen-bond donors (Lipinski definition) is 2. The molecule has 3 heterocycles. The molecule has 2 aromatic carbocycles. The molecule has 7 heteroatoms. The number of epoxide rings is 1. The molecule has 0 aromatic heterocycles. The van der Waals surface area contributed by atoms with Crippen molar-refractivity contribution < 1.29 is 33.9 Å². The topological polar surface area (TPSA) is 89.9 Å². The zero-order chi connectivity index (χ0) is 19.8. The molecule has 3 aliphatic heterocycles. The average Bonchev–Trinajstić information content (AvgIpc) is 3.56. The monoisotopic (exact) mass is 400 g/mol. The van der Waals surface area contributed by atoms with Crippen LogP contribution in [-0.2, 0) is 23.7 Å². The number of rotatable bonds is 5. The fourth-order valence-corrected chi connectivity index (χ4v) is 3.89. The van der Waals surface area contributed by atoms with Gasteiger partial charge in [-0.2, -0.15) is 0 Å². The van der Waals surface area contributed by atoms with Crippen LogP contribution in [0.15, 0.2) is 60.7 Å². The maximum absolute atomic E-state index is 10.6. The first-order chi connectivity index (χ1) is 14.2. The molecule has 7 nitrogen and oxygen atoms in total. The van der Waals surface area contributed by atoms with Gasteiger partial charge in [0.15, 0.2) is 12.6 Å². The highest BCUT2D eigenvalue weighted by atomic mass is 16.8. The molecule has 0 spiro atoms. The minimum absolute atomic E-state index is 0.0115. The lowest BCUT2D eigenvalue weighted by Gasteiger charge is -2.46. The summed E-state index contributed by atoms with van der Waals surface area (Å²) < 4.78 is 28.9. The van der Waals surface area contributed by atoms with E-state index in [2.05, 4.69) is 0 Å². The van der Waals surface area contributed by atoms with Crippen LogP contribution in [0, 0.1) is 0 Å². The van der Waals surface area contributed by atoms with E-state index in [4.69, 9.17) is 23.7 Å². The van der Waals surface area contributed by atoms with E-state index < -0.39 is 37.0 Å². The van der Waals surface area contributed by atoms with Crippen LogP contribution in [0.1, 0.15) is 23.5 Å². The molecule has 3 fully saturated rings. The van der Waals surface area contributed by atoms with Crippen molar-refractivity contribution in [3.63, 3.8) is 0 Å². The third-order valence-corrected chi connectivity index (χ3v) is 5.54. The van der Waals surface area contributed by atoms with Crippen LogP contribution in [-0.4, -0.2) is 60.2 Å². The highest BCUT2D eigenvalue weighted by molar-refractivity contribution is 5.22. The van der Waals surface area contributed by atoms with Crippen LogP contribution in [0.2, 0.25) is 0 Å². The van der Waals surface area contributed by atoms with Gasteiger partial charge in [0.1, 0.15) is 36.6 Å². The predicted molar refractivity (Wildman–Crippen MR) is 101 cm³/mol. The zero-order valence-corrected chi connectivity index (χ0v) is 15.7. The van der Waals surface area contributed by atoms with Crippen molar-refractivity contribution >= 4 is 0 Å². The molecular weight excluding hydrogens is 376 g/mol. The van der Waals surface area contributed by atoms with Gasteiger partial charge in [0.05, 0.1) is 13.2 Å². The lowest BCUT2D eigenvalue weighted by atomic mass is 9.98. The molecule has 3 saturated heterocycles. The van der Waals surface area contributed by atoms with Crippen LogP contribution in [0.5, 0.6) is 0 Å². The molecule has 0 bridgehead atoms. The lowest BCUT2D eigenvalue weighted by Crippen LogP contribution is -2.62. The van der Waals surface area contributed by atoms with Crippen molar-refractivity contribution in [2.75, 3.05) is 13.2 Å². The second kappa shape index (κ2) is 8.12. The second-order valence-corrected chi connectivity index (χ2v) is 7.54. The Morgan fingerprint density at radius 2 is 1.52 bits per heavy atom. The smallest absolute Gasteiger partial charge is 0.186 e. The van der Waals surface area contributed by atoms with Gasteiger partial charge in [-0.15, -0.1) is 0 Å². The van der Waals surface area contributed by atoms with Crippen molar-refractivity contribution in [2.45, 2.75) is 49.2 Å². The summed E-state index contributed by atoms with van der Waals surface area (Å²) in [6, 6.07) is 19.4. The van der Waals surface area contributed by atoms with E-state index in [0.717, 1.165) is 11.1 Å². The SMILES string of the molecule is O[C@@H]1[C@@H](O)[C@H](OC[C@@H]2O[C@H]2c2ccccc2)O[C@@H]2CO[C@H](c3ccccc3)O[C@H]12. The van der Waals surface area contributed by atoms with Crippen LogP contribution in [0.3, 0.4) is 0 Å². The van der Waals surface area contributed by atoms with E-state index in [1.54, 1.807) is 0 Å². The second-order valence-electron chi connectivity index (χ2n) is 7.54. The summed E-state index contributed by atoms with van der Waals surface area (Å²) in [5, 5.41) is 21.1. The Labute approximate surface area is 168 Å². The average molecular weight is 400 g/mol. The molecule has 154 valence electrons. The molecule has 2 N–H and O–H groups in total. The Balaban J connectivity index is 1.17. The molecule has 8 atom stereocenters. The van der Waals surface area contributed by atoms with Gasteiger partial charge in [0.2, 0.25) is 0 Å². The Morgan fingerprint density at radius 1 is 0.828 bits per heavy atom. The first-order valence-electron chi connectivity index (χ1n) is 9.86. The standard InChI is InChI=1S/C22H24O7/c23-17-18(24)22(26-11-15-19(27-15)13-7-3-1-4-8-13)28-16-12-25-21(29-20(16)17)14-9-5-2-6-10-14/h1-10,15-24H,11-12H2/t15-,16+,17+,18+,19-,20-,21-,22+/m0/s1. The summed E-state index contributed by atoms with van der Waals surface area (Å²) in [5.74, 6) is 0. The Bertz CT molecular complexity index is 799. The van der Waals surface area contributed by atoms with Crippen molar-refractivity contribution in [1.29, 1.82) is 0 Å². The number of hydrogen-bond acceptors (Lipinski definition) is 7. The number of fused-ring (bicyclic) bond motifs is 1. The van der Waals surface area contributed by atoms with E-state index in [1.807, 2.05) is 60.7 Å². The molecule has 0 aliphatic carbocycles. The molecule has 0 saturated carbocycles. The molecule has 0 amide bonds. The molecule has 29 heavy (non-hydrogen) atoms. The molecular formula is C22H24O7. The van der Waals surface area contributed by atoms with Crippen molar-refractivity contribution in [3.05, 3.63) is 71.8 Å². The third kappa shape index (κ3) is 3.95. The number of aliphatic hydroxyl groups is 2. The summed E-state index contributed by atoms with van der Waals surface area (Å²) in [5.41, 5.74) is 1.94. The van der Waals surface area contributed by atoms with Crippen molar-refractivity contribution in [3.8, 4) is 0 Å². The summed E-state index contributed by atoms with van der Waals surface area (Å²) >= 11 is 0. The van der Waals surface area contributed by atoms with Gasteiger partial charge in [0, 0.05) is 5.56 Å². The Morgan fingerprint density at radius 3 is 2.24 bits per heavy atom. The summed E-state index contributed by atoms with van der Waals surface area (Å²) in [6.45, 7) is 0.500. The van der Waals surface area contributed by atoms with Gasteiger partial charge < -0.3 is 33.9 Å². The zero-order valence-electron chi connectivity index (χ0n) is 15.7. The molecule has 5 rings (SSSR count). The van der Waals surface area contributed by atoms with Crippen LogP contribution in [0.4, 0.5) is 0 Å². The van der Waals surface area contributed by atoms with E-state index in [0.29, 0.717) is 0 Å². The number of benzene rings is 2. The first-order valence-corrected chi connectivity index (χ1v) is 9.86. The predicted octanol–water partition coefficient (Wildman–Crippen LogP) is 1.70. The van der Waals surface area contributed by atoms with Gasteiger partial charge in [-0.1, -0.05) is 60.7 Å². The maximum atomic E-state index is 10.6. The molecule has 2 aromatic rings. The van der Waals surface area contributed by atoms with E-state index in [-0.39, 0.29) is 25.4 Å². The molecule has 0 radical (unpaired) electrons. The minimum Gasteiger partial charge on any atom is -0.387 e. The fourth-order valence-electron chi connectivity index (χ4n) is 3.89. The Kier molecular flexibility index (Phi) is 5.36. The third-order valence-electron chi connectivity index (χ3n) is 5.54. The van der Waals surface area contributed by atoms with Gasteiger partial charge in [-0.25, -0.2) is 0 Å². The van der Waals surface area contributed by atoms with Crippen LogP contribution >= 0.6 is 0 Å². The quantitative estimate of drug-likeness (QED) is 0.739. The summed E-state index contributed by atoms with van der Waals surface area (Å²) in [6.07, 6.45) is -5.26. The van der Waals surface area contributed by atoms with Crippen LogP contribution in [0.25, 0.3) is 0 Å². The van der Waals surface area contributed by atoms with Gasteiger partial charge in [-0.3, -0.25) is 0 Å². The van der Waals surface area contributed by atoms with Gasteiger partial charge >= 0.3 is 0 Å². The molecule has 3 aliphatic rings. The normalized spacial score (nSPS) is 39.0. The largest absolute Gasteiger partial charge is 0.387 e. The fraction of sp³-hybridized carbons (Fsp3) is 0.455. The van der Waals surface area contributed by atoms with Crippen molar-refractivity contribution in [2.24, 2.45) is 0 Å². The van der Waals surface area contributed by atoms with Crippen LogP contribution < -0.4 is 0 Å². The minimum atomic E-state index is -1.22. The highest BCUT2D eigenvalue weighted by Crippen LogP contribution is 2.40. The number of aliphatic hydroxyl groups excluding tert-OH is 2. The summed E-state index contributed by atoms with van der Waals surface area (Å²) in [7, 11) is 0. The maximum Gasteiger partial charge on any atom is 0.186 e. The van der Waals surface area contributed by atoms with Gasteiger partial charge in [-0.05, 0) is 5.56 Å². The Hall–Kier alpha value is -1.84.